The first-order valence-electron chi connectivity index (χ1n) is 6.17. The molecule has 19 heavy (non-hydrogen) atoms. The van der Waals surface area contributed by atoms with Gasteiger partial charge in [-0.25, -0.2) is 4.79 Å². The number of piperidine rings is 1. The molecule has 1 saturated carbocycles. The van der Waals surface area contributed by atoms with Gasteiger partial charge in [0.05, 0.1) is 14.2 Å². The summed E-state index contributed by atoms with van der Waals surface area (Å²) in [5.74, 6) is 0.865. The molecule has 102 valence electrons. The third kappa shape index (κ3) is 1.90. The Bertz CT molecular complexity index is 526. The summed E-state index contributed by atoms with van der Waals surface area (Å²) in [6, 6.07) is 1.34. The smallest absolute Gasteiger partial charge is 0.328 e. The average Bonchev–Trinajstić information content (AvgIpc) is 2.90. The zero-order valence-corrected chi connectivity index (χ0v) is 11.6. The van der Waals surface area contributed by atoms with Crippen LogP contribution in [0.2, 0.25) is 0 Å². The minimum Gasteiger partial charge on any atom is -0.495 e. The van der Waals surface area contributed by atoms with E-state index < -0.39 is 6.04 Å². The van der Waals surface area contributed by atoms with E-state index in [1.165, 1.54) is 25.6 Å². The highest BCUT2D eigenvalue weighted by Gasteiger charge is 2.57. The van der Waals surface area contributed by atoms with Gasteiger partial charge in [0.15, 0.2) is 0 Å². The highest BCUT2D eigenvalue weighted by atomic mass is 32.1. The maximum absolute atomic E-state index is 12.5. The van der Waals surface area contributed by atoms with Crippen LogP contribution in [0.15, 0.2) is 11.4 Å². The Morgan fingerprint density at radius 3 is 2.89 bits per heavy atom. The zero-order valence-electron chi connectivity index (χ0n) is 10.8. The first-order chi connectivity index (χ1) is 9.17. The van der Waals surface area contributed by atoms with E-state index in [0.717, 1.165) is 6.42 Å². The molecular formula is C13H15NO4S. The van der Waals surface area contributed by atoms with Crippen molar-refractivity contribution in [3.8, 4) is 5.75 Å². The van der Waals surface area contributed by atoms with E-state index in [4.69, 9.17) is 9.47 Å². The number of thiophene rings is 1. The predicted molar refractivity (Wildman–Crippen MR) is 69.3 cm³/mol. The maximum atomic E-state index is 12.5. The van der Waals surface area contributed by atoms with Gasteiger partial charge in [-0.05, 0) is 29.7 Å². The van der Waals surface area contributed by atoms with Crippen molar-refractivity contribution in [3.63, 3.8) is 0 Å². The Morgan fingerprint density at radius 1 is 1.42 bits per heavy atom. The quantitative estimate of drug-likeness (QED) is 0.786. The number of hydrogen-bond acceptors (Lipinski definition) is 5. The second-order valence-corrected chi connectivity index (χ2v) is 5.82. The number of carbonyl (C=O) groups excluding carboxylic acids is 2. The molecule has 0 aromatic carbocycles. The fraction of sp³-hybridized carbons (Fsp3) is 0.538. The van der Waals surface area contributed by atoms with Gasteiger partial charge in [0, 0.05) is 6.54 Å². The van der Waals surface area contributed by atoms with Crippen LogP contribution >= 0.6 is 11.3 Å². The monoisotopic (exact) mass is 281 g/mol. The van der Waals surface area contributed by atoms with Crippen LogP contribution in [0, 0.1) is 11.8 Å². The van der Waals surface area contributed by atoms with Gasteiger partial charge in [-0.1, -0.05) is 0 Å². The predicted octanol–water partition coefficient (Wildman–Crippen LogP) is 1.39. The SMILES string of the molecule is COC(=O)[C@H]1[C@@H]2C[C@@H]2CN1C(=O)c1sccc1OC. The van der Waals surface area contributed by atoms with Crippen molar-refractivity contribution in [1.29, 1.82) is 0 Å². The molecule has 1 aromatic heterocycles. The van der Waals surface area contributed by atoms with Gasteiger partial charge in [-0.15, -0.1) is 11.3 Å². The molecule has 1 aromatic rings. The minimum atomic E-state index is -0.422. The first-order valence-corrected chi connectivity index (χ1v) is 7.05. The van der Waals surface area contributed by atoms with Gasteiger partial charge in [-0.3, -0.25) is 4.79 Å². The normalized spacial score (nSPS) is 27.9. The zero-order chi connectivity index (χ0) is 13.6. The number of esters is 1. The summed E-state index contributed by atoms with van der Waals surface area (Å²) in [5, 5.41) is 1.82. The van der Waals surface area contributed by atoms with Crippen LogP contribution in [0.3, 0.4) is 0 Å². The van der Waals surface area contributed by atoms with E-state index in [1.54, 1.807) is 11.0 Å². The second kappa shape index (κ2) is 4.52. The van der Waals surface area contributed by atoms with Crippen molar-refractivity contribution in [1.82, 2.24) is 4.90 Å². The molecule has 2 fully saturated rings. The van der Waals surface area contributed by atoms with Crippen LogP contribution in [-0.2, 0) is 9.53 Å². The van der Waals surface area contributed by atoms with Gasteiger partial charge in [0.2, 0.25) is 0 Å². The average molecular weight is 281 g/mol. The van der Waals surface area contributed by atoms with Crippen LogP contribution in [0.1, 0.15) is 16.1 Å². The highest BCUT2D eigenvalue weighted by molar-refractivity contribution is 7.12. The van der Waals surface area contributed by atoms with E-state index >= 15 is 0 Å². The lowest BCUT2D eigenvalue weighted by Gasteiger charge is -2.25. The van der Waals surface area contributed by atoms with Crippen molar-refractivity contribution in [2.45, 2.75) is 12.5 Å². The van der Waals surface area contributed by atoms with Crippen molar-refractivity contribution in [3.05, 3.63) is 16.3 Å². The van der Waals surface area contributed by atoms with E-state index in [1.807, 2.05) is 5.38 Å². The van der Waals surface area contributed by atoms with Crippen LogP contribution in [-0.4, -0.2) is 43.6 Å². The number of nitrogens with zero attached hydrogens (tertiary/aromatic N) is 1. The molecule has 0 spiro atoms. The Morgan fingerprint density at radius 2 is 2.21 bits per heavy atom. The number of methoxy groups -OCH3 is 2. The van der Waals surface area contributed by atoms with Crippen LogP contribution < -0.4 is 4.74 Å². The lowest BCUT2D eigenvalue weighted by Crippen LogP contribution is -2.43. The lowest BCUT2D eigenvalue weighted by atomic mass is 10.2. The lowest BCUT2D eigenvalue weighted by molar-refractivity contribution is -0.145. The molecule has 3 atom stereocenters. The van der Waals surface area contributed by atoms with Crippen molar-refractivity contribution < 1.29 is 19.1 Å². The van der Waals surface area contributed by atoms with E-state index in [2.05, 4.69) is 0 Å². The van der Waals surface area contributed by atoms with E-state index in [9.17, 15) is 9.59 Å². The van der Waals surface area contributed by atoms with Crippen LogP contribution in [0.25, 0.3) is 0 Å². The Hall–Kier alpha value is -1.56. The molecule has 1 aliphatic carbocycles. The van der Waals surface area contributed by atoms with E-state index in [-0.39, 0.29) is 17.8 Å². The summed E-state index contributed by atoms with van der Waals surface area (Å²) in [7, 11) is 2.91. The van der Waals surface area contributed by atoms with E-state index in [0.29, 0.717) is 23.1 Å². The molecule has 2 heterocycles. The third-order valence-electron chi connectivity index (χ3n) is 3.90. The van der Waals surface area contributed by atoms with Crippen molar-refractivity contribution in [2.75, 3.05) is 20.8 Å². The molecule has 0 N–H and O–H groups in total. The fourth-order valence-corrected chi connectivity index (χ4v) is 3.65. The highest BCUT2D eigenvalue weighted by Crippen LogP contribution is 2.50. The number of fused-ring (bicyclic) bond motifs is 1. The number of ether oxygens (including phenoxy) is 2. The molecule has 6 heteroatoms. The molecule has 2 aliphatic rings. The van der Waals surface area contributed by atoms with Gasteiger partial charge in [0.1, 0.15) is 16.7 Å². The summed E-state index contributed by atoms with van der Waals surface area (Å²) in [6.07, 6.45) is 1.02. The number of amides is 1. The fourth-order valence-electron chi connectivity index (χ4n) is 2.84. The summed E-state index contributed by atoms with van der Waals surface area (Å²) in [4.78, 5) is 26.6. The summed E-state index contributed by atoms with van der Waals surface area (Å²) < 4.78 is 10.00. The molecule has 5 nitrogen and oxygen atoms in total. The standard InChI is InChI=1S/C13H15NO4S/c1-17-9-3-4-19-11(9)12(15)14-6-7-5-8(7)10(14)13(16)18-2/h3-4,7-8,10H,5-6H2,1-2H3/t7-,8-,10-/m1/s1. The van der Waals surface area contributed by atoms with Gasteiger partial charge in [0.25, 0.3) is 5.91 Å². The van der Waals surface area contributed by atoms with Gasteiger partial charge >= 0.3 is 5.97 Å². The topological polar surface area (TPSA) is 55.8 Å². The maximum Gasteiger partial charge on any atom is 0.328 e. The van der Waals surface area contributed by atoms with Crippen molar-refractivity contribution >= 4 is 23.2 Å². The summed E-state index contributed by atoms with van der Waals surface area (Å²) >= 11 is 1.34. The molecule has 1 saturated heterocycles. The molecular weight excluding hydrogens is 266 g/mol. The largest absolute Gasteiger partial charge is 0.495 e. The second-order valence-electron chi connectivity index (χ2n) is 4.90. The first kappa shape index (κ1) is 12.5. The Balaban J connectivity index is 1.85. The molecule has 0 radical (unpaired) electrons. The molecule has 3 rings (SSSR count). The number of likely N-dealkylation sites (tertiary alicyclic amines) is 1. The summed E-state index contributed by atoms with van der Waals surface area (Å²) in [5.41, 5.74) is 0. The molecule has 0 bridgehead atoms. The minimum absolute atomic E-state index is 0.130. The number of hydrogen-bond donors (Lipinski definition) is 0. The van der Waals surface area contributed by atoms with Gasteiger partial charge < -0.3 is 14.4 Å². The Labute approximate surface area is 115 Å². The van der Waals surface area contributed by atoms with Crippen LogP contribution in [0.4, 0.5) is 0 Å². The number of rotatable bonds is 3. The summed E-state index contributed by atoms with van der Waals surface area (Å²) in [6.45, 7) is 0.643. The van der Waals surface area contributed by atoms with Crippen LogP contribution in [0.5, 0.6) is 5.75 Å². The molecule has 1 aliphatic heterocycles. The van der Waals surface area contributed by atoms with Gasteiger partial charge in [-0.2, -0.15) is 0 Å². The van der Waals surface area contributed by atoms with Crippen molar-refractivity contribution in [2.24, 2.45) is 11.8 Å². The Kier molecular flexibility index (Phi) is 2.97. The third-order valence-corrected chi connectivity index (χ3v) is 4.78. The number of carbonyl (C=O) groups is 2. The molecule has 0 unspecified atom stereocenters. The molecule has 1 amide bonds.